The summed E-state index contributed by atoms with van der Waals surface area (Å²) in [5.74, 6) is -0.0429. The summed E-state index contributed by atoms with van der Waals surface area (Å²) in [5, 5.41) is 7.04. The number of rotatable bonds is 7. The zero-order chi connectivity index (χ0) is 25.7. The largest absolute Gasteiger partial charge is 0.444 e. The minimum Gasteiger partial charge on any atom is -0.444 e. The molecule has 3 aliphatic heterocycles. The third-order valence-corrected chi connectivity index (χ3v) is 8.27. The van der Waals surface area contributed by atoms with Crippen LogP contribution in [0, 0.1) is 5.82 Å². The molecule has 0 aliphatic carbocycles. The summed E-state index contributed by atoms with van der Waals surface area (Å²) in [7, 11) is 0. The number of ether oxygens (including phenoxy) is 1. The number of hydrogen-bond donors (Lipinski definition) is 3. The summed E-state index contributed by atoms with van der Waals surface area (Å²) in [6.07, 6.45) is 0.587. The number of nitrogens with two attached hydrogens (primary N) is 1. The highest BCUT2D eigenvalue weighted by Gasteiger charge is 2.37. The van der Waals surface area contributed by atoms with E-state index in [1.165, 1.54) is 23.9 Å². The molecule has 4 heterocycles. The molecule has 9 nitrogen and oxygen atoms in total. The fraction of sp³-hybridized carbons (Fsp3) is 0.346. The van der Waals surface area contributed by atoms with Crippen molar-refractivity contribution in [2.24, 2.45) is 5.73 Å². The molecule has 6 rings (SSSR count). The Hall–Kier alpha value is -3.41. The molecule has 2 aromatic carbocycles. The molecular formula is C26H26FN5O4S. The lowest BCUT2D eigenvalue weighted by molar-refractivity contribution is -0.113. The van der Waals surface area contributed by atoms with Gasteiger partial charge in [0.15, 0.2) is 0 Å². The van der Waals surface area contributed by atoms with E-state index in [0.29, 0.717) is 54.1 Å². The van der Waals surface area contributed by atoms with Crippen molar-refractivity contribution >= 4 is 46.0 Å². The molecule has 4 N–H and O–H groups in total. The summed E-state index contributed by atoms with van der Waals surface area (Å²) in [6, 6.07) is 11.1. The predicted molar refractivity (Wildman–Crippen MR) is 140 cm³/mol. The summed E-state index contributed by atoms with van der Waals surface area (Å²) in [5.41, 5.74) is 8.28. The molecule has 37 heavy (non-hydrogen) atoms. The van der Waals surface area contributed by atoms with Crippen molar-refractivity contribution in [2.75, 3.05) is 35.6 Å². The van der Waals surface area contributed by atoms with E-state index in [4.69, 9.17) is 10.5 Å². The predicted octanol–water partition coefficient (Wildman–Crippen LogP) is 3.13. The fourth-order valence-corrected chi connectivity index (χ4v) is 6.30. The van der Waals surface area contributed by atoms with E-state index in [1.807, 2.05) is 12.1 Å². The van der Waals surface area contributed by atoms with Crippen LogP contribution in [-0.2, 0) is 9.53 Å². The molecule has 1 unspecified atom stereocenters. The van der Waals surface area contributed by atoms with Crippen molar-refractivity contribution in [1.82, 2.24) is 9.88 Å². The Bertz CT molecular complexity index is 1480. The van der Waals surface area contributed by atoms with Crippen LogP contribution in [0.1, 0.15) is 30.5 Å². The maximum Gasteiger partial charge on any atom is 0.414 e. The Morgan fingerprint density at radius 1 is 1.16 bits per heavy atom. The van der Waals surface area contributed by atoms with Crippen molar-refractivity contribution < 1.29 is 18.7 Å². The Morgan fingerprint density at radius 2 is 2.00 bits per heavy atom. The molecule has 1 fully saturated rings. The number of amides is 2. The van der Waals surface area contributed by atoms with Crippen LogP contribution in [-0.4, -0.2) is 48.1 Å². The van der Waals surface area contributed by atoms with Crippen molar-refractivity contribution in [1.29, 1.82) is 0 Å². The highest BCUT2D eigenvalue weighted by Crippen LogP contribution is 2.40. The van der Waals surface area contributed by atoms with Gasteiger partial charge in [0.2, 0.25) is 5.91 Å². The van der Waals surface area contributed by atoms with Gasteiger partial charge in [-0.05, 0) is 61.2 Å². The first-order chi connectivity index (χ1) is 17.9. The van der Waals surface area contributed by atoms with Crippen LogP contribution in [0.5, 0.6) is 0 Å². The molecule has 1 aromatic heterocycles. The van der Waals surface area contributed by atoms with Crippen molar-refractivity contribution in [2.45, 2.75) is 35.9 Å². The van der Waals surface area contributed by atoms with Gasteiger partial charge in [-0.2, -0.15) is 0 Å². The first-order valence-corrected chi connectivity index (χ1v) is 13.2. The van der Waals surface area contributed by atoms with Crippen LogP contribution in [0.25, 0.3) is 10.9 Å². The highest BCUT2D eigenvalue weighted by atomic mass is 32.2. The number of carbonyl (C=O) groups excluding carboxylic acids is 2. The third kappa shape index (κ3) is 4.16. The van der Waals surface area contributed by atoms with Gasteiger partial charge in [-0.25, -0.2) is 9.18 Å². The number of halogens is 1. The number of thioether (sulfide) groups is 1. The van der Waals surface area contributed by atoms with Gasteiger partial charge in [0, 0.05) is 28.8 Å². The van der Waals surface area contributed by atoms with Crippen LogP contribution >= 0.6 is 11.8 Å². The zero-order valence-corrected chi connectivity index (χ0v) is 20.7. The number of fused-ring (bicyclic) bond motifs is 1. The molecule has 3 aliphatic rings. The number of aromatic nitrogens is 1. The van der Waals surface area contributed by atoms with Gasteiger partial charge in [0.1, 0.15) is 11.9 Å². The smallest absolute Gasteiger partial charge is 0.414 e. The van der Waals surface area contributed by atoms with E-state index < -0.39 is 12.1 Å². The number of nitrogens with one attached hydrogen (secondary N) is 2. The Labute approximate surface area is 216 Å². The summed E-state index contributed by atoms with van der Waals surface area (Å²) < 4.78 is 22.1. The quantitative estimate of drug-likeness (QED) is 0.407. The van der Waals surface area contributed by atoms with Crippen LogP contribution < -0.4 is 26.8 Å². The van der Waals surface area contributed by atoms with E-state index in [0.717, 1.165) is 10.3 Å². The molecule has 0 saturated carbocycles. The number of hydrogen-bond acceptors (Lipinski definition) is 7. The maximum absolute atomic E-state index is 14.9. The normalized spacial score (nSPS) is 22.3. The monoisotopic (exact) mass is 523 g/mol. The van der Waals surface area contributed by atoms with Crippen molar-refractivity contribution in [3.63, 3.8) is 0 Å². The first kappa shape index (κ1) is 24.0. The zero-order valence-electron chi connectivity index (χ0n) is 19.9. The van der Waals surface area contributed by atoms with Crippen LogP contribution in [0.15, 0.2) is 52.2 Å². The van der Waals surface area contributed by atoms with E-state index in [9.17, 15) is 18.8 Å². The third-order valence-electron chi connectivity index (χ3n) is 7.20. The lowest BCUT2D eigenvalue weighted by atomic mass is 10.0. The molecule has 2 amide bonds. The lowest BCUT2D eigenvalue weighted by Gasteiger charge is -2.22. The van der Waals surface area contributed by atoms with Crippen LogP contribution in [0.3, 0.4) is 0 Å². The molecule has 3 atom stereocenters. The number of anilines is 2. The molecule has 1 saturated heterocycles. The second-order valence-electron chi connectivity index (χ2n) is 9.45. The standard InChI is InChI=1S/C26H26FN5O4S/c27-17-6-3-14-4-8-22(34)32-19(11-28)24(23(17)25(14)32)29-9-1-2-16-12-31(26(35)36-16)15-5-7-20-18(10-15)30-21(33)13-37-20/h3-8,10,16,19,24,29H,1-2,9,11-13,28H2,(H,30,33)/t16-,19?,24+/m1/s1. The maximum atomic E-state index is 14.9. The second-order valence-corrected chi connectivity index (χ2v) is 10.5. The minimum absolute atomic E-state index is 0.0627. The molecule has 0 radical (unpaired) electrons. The van der Waals surface area contributed by atoms with Gasteiger partial charge in [-0.1, -0.05) is 0 Å². The Kier molecular flexibility index (Phi) is 6.13. The topological polar surface area (TPSA) is 119 Å². The number of pyridine rings is 1. The Morgan fingerprint density at radius 3 is 2.84 bits per heavy atom. The molecule has 0 bridgehead atoms. The van der Waals surface area contributed by atoms with Gasteiger partial charge in [0.25, 0.3) is 5.56 Å². The number of carbonyl (C=O) groups is 2. The van der Waals surface area contributed by atoms with E-state index in [1.54, 1.807) is 27.7 Å². The van der Waals surface area contributed by atoms with Crippen molar-refractivity contribution in [3.8, 4) is 0 Å². The van der Waals surface area contributed by atoms with E-state index in [-0.39, 0.29) is 36.0 Å². The Balaban J connectivity index is 1.10. The van der Waals surface area contributed by atoms with Crippen molar-refractivity contribution in [3.05, 3.63) is 64.2 Å². The molecule has 192 valence electrons. The fourth-order valence-electron chi connectivity index (χ4n) is 5.51. The first-order valence-electron chi connectivity index (χ1n) is 12.3. The van der Waals surface area contributed by atoms with Gasteiger partial charge in [0.05, 0.1) is 35.6 Å². The number of nitrogens with zero attached hydrogens (tertiary/aromatic N) is 2. The molecule has 3 aromatic rings. The SMILES string of the molecule is NCC1[C@H](NCCC[C@@H]2CN(c3ccc4c(c3)NC(=O)CS4)C(=O)O2)c2c(F)ccc3ccc(=O)n1c23. The summed E-state index contributed by atoms with van der Waals surface area (Å²) >= 11 is 1.47. The number of cyclic esters (lactones) is 1. The summed E-state index contributed by atoms with van der Waals surface area (Å²) in [4.78, 5) is 39.4. The average Bonchev–Trinajstić information content (AvgIpc) is 3.43. The van der Waals surface area contributed by atoms with Gasteiger partial charge in [-0.3, -0.25) is 14.5 Å². The van der Waals surface area contributed by atoms with E-state index >= 15 is 0 Å². The van der Waals surface area contributed by atoms with E-state index in [2.05, 4.69) is 10.6 Å². The summed E-state index contributed by atoms with van der Waals surface area (Å²) in [6.45, 7) is 1.14. The van der Waals surface area contributed by atoms with Gasteiger partial charge < -0.3 is 25.7 Å². The van der Waals surface area contributed by atoms with Gasteiger partial charge >= 0.3 is 6.09 Å². The van der Waals surface area contributed by atoms with Crippen LogP contribution in [0.4, 0.5) is 20.6 Å². The molecule has 0 spiro atoms. The lowest BCUT2D eigenvalue weighted by Crippen LogP contribution is -2.35. The van der Waals surface area contributed by atoms with Crippen LogP contribution in [0.2, 0.25) is 0 Å². The van der Waals surface area contributed by atoms with Gasteiger partial charge in [-0.15, -0.1) is 11.8 Å². The molecular weight excluding hydrogens is 497 g/mol. The minimum atomic E-state index is -0.421. The average molecular weight is 524 g/mol. The number of benzene rings is 2. The molecule has 11 heteroatoms. The highest BCUT2D eigenvalue weighted by molar-refractivity contribution is 8.00. The second kappa shape index (κ2) is 9.47.